The number of nitrogens with zero attached hydrogens (tertiary/aromatic N) is 1. The predicted octanol–water partition coefficient (Wildman–Crippen LogP) is 0.924. The first kappa shape index (κ1) is 29.3. The van der Waals surface area contributed by atoms with Crippen molar-refractivity contribution in [2.75, 3.05) is 38.5 Å². The first-order valence-corrected chi connectivity index (χ1v) is 13.5. The Bertz CT molecular complexity index is 1100. The number of quaternary nitrogens is 2. The van der Waals surface area contributed by atoms with Gasteiger partial charge in [0.05, 0.1) is 38.9 Å². The van der Waals surface area contributed by atoms with E-state index in [9.17, 15) is 14.4 Å². The SMILES string of the molecule is CCC(=O)N[C@@H](C(=O)N1CC[NH+](C)CC1)[C@@H](C)c1ccc(NC(=O)[C@@H]([NH3+])[C@@H](CC)c2ccccc2)c(F)c1. The smallest absolute Gasteiger partial charge is 0.283 e. The second kappa shape index (κ2) is 13.5. The van der Waals surface area contributed by atoms with Crippen LogP contribution in [-0.4, -0.2) is 67.9 Å². The van der Waals surface area contributed by atoms with E-state index in [0.29, 0.717) is 18.7 Å². The third kappa shape index (κ3) is 7.17. The van der Waals surface area contributed by atoms with Gasteiger partial charge in [-0.1, -0.05) is 57.2 Å². The van der Waals surface area contributed by atoms with Gasteiger partial charge in [-0.2, -0.15) is 0 Å². The highest BCUT2D eigenvalue weighted by atomic mass is 19.1. The highest BCUT2D eigenvalue weighted by Crippen LogP contribution is 2.27. The quantitative estimate of drug-likeness (QED) is 0.369. The van der Waals surface area contributed by atoms with Gasteiger partial charge in [-0.25, -0.2) is 4.39 Å². The summed E-state index contributed by atoms with van der Waals surface area (Å²) in [6.45, 7) is 8.45. The molecule has 2 aromatic rings. The lowest BCUT2D eigenvalue weighted by Crippen LogP contribution is -3.12. The van der Waals surface area contributed by atoms with Crippen molar-refractivity contribution < 1.29 is 29.4 Å². The molecule has 1 aliphatic rings. The molecule has 0 unspecified atom stereocenters. The number of carbonyl (C=O) groups excluding carboxylic acids is 3. The molecule has 0 radical (unpaired) electrons. The van der Waals surface area contributed by atoms with E-state index >= 15 is 4.39 Å². The van der Waals surface area contributed by atoms with Gasteiger partial charge >= 0.3 is 0 Å². The number of halogens is 1. The standard InChI is InChI=1S/C29H40FN5O3/c1-5-22(20-10-8-7-9-11-20)26(31)28(37)32-24-13-12-21(18-23(24)30)19(3)27(33-25(36)6-2)29(38)35-16-14-34(4)15-17-35/h7-13,18-19,22,26-27H,5-6,14-17,31H2,1-4H3,(H,32,37)(H,33,36)/p+2/t19-,22-,26-,27+/m0/s1. The number of hydrogen-bond acceptors (Lipinski definition) is 3. The van der Waals surface area contributed by atoms with Crippen LogP contribution >= 0.6 is 0 Å². The summed E-state index contributed by atoms with van der Waals surface area (Å²) >= 11 is 0. The van der Waals surface area contributed by atoms with E-state index in [2.05, 4.69) is 23.4 Å². The predicted molar refractivity (Wildman–Crippen MR) is 145 cm³/mol. The monoisotopic (exact) mass is 527 g/mol. The number of nitrogens with one attached hydrogen (secondary N) is 3. The van der Waals surface area contributed by atoms with Crippen molar-refractivity contribution in [2.24, 2.45) is 0 Å². The van der Waals surface area contributed by atoms with E-state index in [1.807, 2.05) is 44.2 Å². The maximum Gasteiger partial charge on any atom is 0.283 e. The summed E-state index contributed by atoms with van der Waals surface area (Å²) in [6.07, 6.45) is 0.967. The van der Waals surface area contributed by atoms with Crippen LogP contribution < -0.4 is 21.3 Å². The van der Waals surface area contributed by atoms with Crippen LogP contribution in [0.5, 0.6) is 0 Å². The lowest BCUT2D eigenvalue weighted by molar-refractivity contribution is -0.883. The molecule has 0 saturated carbocycles. The Kier molecular flexibility index (Phi) is 10.4. The molecule has 1 heterocycles. The molecule has 3 amide bonds. The summed E-state index contributed by atoms with van der Waals surface area (Å²) in [4.78, 5) is 41.8. The van der Waals surface area contributed by atoms with Crippen molar-refractivity contribution in [1.82, 2.24) is 10.2 Å². The zero-order chi connectivity index (χ0) is 27.8. The van der Waals surface area contributed by atoms with Gasteiger partial charge in [0.2, 0.25) is 11.8 Å². The molecule has 0 bridgehead atoms. The summed E-state index contributed by atoms with van der Waals surface area (Å²) in [7, 11) is 2.09. The maximum atomic E-state index is 15.2. The van der Waals surface area contributed by atoms with Crippen LogP contribution in [-0.2, 0) is 14.4 Å². The van der Waals surface area contributed by atoms with Crippen molar-refractivity contribution in [1.29, 1.82) is 0 Å². The van der Waals surface area contributed by atoms with Crippen LogP contribution in [0.2, 0.25) is 0 Å². The number of rotatable bonds is 10. The Morgan fingerprint density at radius 2 is 1.71 bits per heavy atom. The van der Waals surface area contributed by atoms with Gasteiger partial charge in [-0.15, -0.1) is 0 Å². The Balaban J connectivity index is 1.75. The number of carbonyl (C=O) groups is 3. The average molecular weight is 528 g/mol. The van der Waals surface area contributed by atoms with Crippen LogP contribution in [0.3, 0.4) is 0 Å². The zero-order valence-electron chi connectivity index (χ0n) is 22.9. The van der Waals surface area contributed by atoms with Gasteiger partial charge in [-0.3, -0.25) is 14.4 Å². The fraction of sp³-hybridized carbons (Fsp3) is 0.483. The second-order valence-electron chi connectivity index (χ2n) is 10.2. The topological polar surface area (TPSA) is 111 Å². The van der Waals surface area contributed by atoms with E-state index in [1.54, 1.807) is 17.9 Å². The summed E-state index contributed by atoms with van der Waals surface area (Å²) in [5.74, 6) is -1.91. The van der Waals surface area contributed by atoms with Gasteiger partial charge < -0.3 is 26.2 Å². The number of piperazine rings is 1. The third-order valence-electron chi connectivity index (χ3n) is 7.60. The molecule has 3 rings (SSSR count). The summed E-state index contributed by atoms with van der Waals surface area (Å²) in [6, 6.07) is 12.8. The Hall–Kier alpha value is -3.30. The first-order valence-electron chi connectivity index (χ1n) is 13.5. The molecule has 6 N–H and O–H groups in total. The minimum atomic E-state index is -0.805. The van der Waals surface area contributed by atoms with Crippen molar-refractivity contribution in [3.05, 3.63) is 65.5 Å². The van der Waals surface area contributed by atoms with E-state index in [4.69, 9.17) is 0 Å². The molecule has 1 saturated heterocycles. The second-order valence-corrected chi connectivity index (χ2v) is 10.2. The van der Waals surface area contributed by atoms with Gasteiger partial charge in [0.15, 0.2) is 6.04 Å². The molecule has 0 aromatic heterocycles. The van der Waals surface area contributed by atoms with Crippen molar-refractivity contribution in [3.8, 4) is 0 Å². The van der Waals surface area contributed by atoms with Crippen molar-refractivity contribution >= 4 is 23.4 Å². The van der Waals surface area contributed by atoms with Crippen LogP contribution in [0.15, 0.2) is 48.5 Å². The highest BCUT2D eigenvalue weighted by Gasteiger charge is 2.34. The molecular formula is C29H42FN5O3+2. The van der Waals surface area contributed by atoms with Crippen LogP contribution in [0.1, 0.15) is 56.6 Å². The number of amides is 3. The number of likely N-dealkylation sites (N-methyl/N-ethyl adjacent to an activating group) is 1. The minimum Gasteiger partial charge on any atom is -0.347 e. The fourth-order valence-electron chi connectivity index (χ4n) is 4.95. The normalized spacial score (nSPS) is 17.3. The minimum absolute atomic E-state index is 0.0602. The summed E-state index contributed by atoms with van der Waals surface area (Å²) in [5.41, 5.74) is 5.71. The summed E-state index contributed by atoms with van der Waals surface area (Å²) in [5, 5.41) is 5.54. The van der Waals surface area contributed by atoms with Crippen molar-refractivity contribution in [3.63, 3.8) is 0 Å². The Morgan fingerprint density at radius 3 is 2.29 bits per heavy atom. The first-order chi connectivity index (χ1) is 18.2. The maximum absolute atomic E-state index is 15.2. The van der Waals surface area contributed by atoms with Gasteiger partial charge in [0.25, 0.3) is 5.91 Å². The van der Waals surface area contributed by atoms with E-state index in [0.717, 1.165) is 25.1 Å². The van der Waals surface area contributed by atoms with Gasteiger partial charge in [0.1, 0.15) is 11.9 Å². The van der Waals surface area contributed by atoms with E-state index in [-0.39, 0.29) is 35.7 Å². The lowest BCUT2D eigenvalue weighted by Gasteiger charge is -2.34. The molecule has 0 spiro atoms. The number of hydrogen-bond donors (Lipinski definition) is 4. The van der Waals surface area contributed by atoms with Crippen LogP contribution in [0.25, 0.3) is 0 Å². The molecular weight excluding hydrogens is 485 g/mol. The fourth-order valence-corrected chi connectivity index (χ4v) is 4.95. The molecule has 38 heavy (non-hydrogen) atoms. The van der Waals surface area contributed by atoms with Gasteiger partial charge in [-0.05, 0) is 29.7 Å². The van der Waals surface area contributed by atoms with Crippen LogP contribution in [0, 0.1) is 5.82 Å². The molecule has 206 valence electrons. The molecule has 0 aliphatic carbocycles. The third-order valence-corrected chi connectivity index (χ3v) is 7.60. The zero-order valence-corrected chi connectivity index (χ0v) is 22.9. The Labute approximate surface area is 224 Å². The summed E-state index contributed by atoms with van der Waals surface area (Å²) < 4.78 is 15.2. The molecule has 4 atom stereocenters. The van der Waals surface area contributed by atoms with Crippen LogP contribution in [0.4, 0.5) is 10.1 Å². The van der Waals surface area contributed by atoms with Gasteiger partial charge in [0, 0.05) is 18.3 Å². The molecule has 1 fully saturated rings. The largest absolute Gasteiger partial charge is 0.347 e. The molecule has 2 aromatic carbocycles. The molecule has 8 nitrogen and oxygen atoms in total. The highest BCUT2D eigenvalue weighted by molar-refractivity contribution is 5.94. The van der Waals surface area contributed by atoms with E-state index < -0.39 is 23.8 Å². The Morgan fingerprint density at radius 1 is 1.05 bits per heavy atom. The molecule has 9 heteroatoms. The molecule has 1 aliphatic heterocycles. The average Bonchev–Trinajstić information content (AvgIpc) is 2.93. The lowest BCUT2D eigenvalue weighted by atomic mass is 9.89. The van der Waals surface area contributed by atoms with Crippen molar-refractivity contribution in [2.45, 2.75) is 57.5 Å². The van der Waals surface area contributed by atoms with E-state index in [1.165, 1.54) is 17.0 Å². The number of anilines is 1. The number of benzene rings is 2.